The maximum absolute atomic E-state index is 13.5. The van der Waals surface area contributed by atoms with Crippen LogP contribution in [0.4, 0.5) is 14.6 Å². The summed E-state index contributed by atoms with van der Waals surface area (Å²) in [6.45, 7) is 0.123. The van der Waals surface area contributed by atoms with Gasteiger partial charge in [0.05, 0.1) is 0 Å². The third-order valence-electron chi connectivity index (χ3n) is 2.28. The second kappa shape index (κ2) is 6.22. The molecule has 0 spiro atoms. The summed E-state index contributed by atoms with van der Waals surface area (Å²) in [5, 5.41) is 0. The molecule has 8 heteroatoms. The van der Waals surface area contributed by atoms with E-state index >= 15 is 0 Å². The van der Waals surface area contributed by atoms with Crippen LogP contribution in [-0.2, 0) is 11.3 Å². The minimum atomic E-state index is -0.708. The number of benzene rings is 1. The van der Waals surface area contributed by atoms with Gasteiger partial charge in [-0.2, -0.15) is 4.98 Å². The van der Waals surface area contributed by atoms with Crippen LogP contribution < -0.4 is 16.0 Å². The van der Waals surface area contributed by atoms with Gasteiger partial charge in [-0.3, -0.25) is 0 Å². The Balaban J connectivity index is 2.32. The number of aromatic nitrogens is 2. The SMILES string of the molecule is COCc1nc(NN)cc(Oc2cc(F)ccc2F)n1. The molecule has 0 aliphatic rings. The Kier molecular flexibility index (Phi) is 4.38. The summed E-state index contributed by atoms with van der Waals surface area (Å²) < 4.78 is 36.6. The first-order valence-corrected chi connectivity index (χ1v) is 5.59. The molecule has 1 aromatic heterocycles. The number of hydrazine groups is 1. The molecule has 3 N–H and O–H groups in total. The van der Waals surface area contributed by atoms with Crippen molar-refractivity contribution in [3.63, 3.8) is 0 Å². The maximum atomic E-state index is 13.5. The van der Waals surface area contributed by atoms with E-state index in [1.54, 1.807) is 0 Å². The molecule has 0 radical (unpaired) electrons. The Labute approximate surface area is 113 Å². The van der Waals surface area contributed by atoms with Crippen molar-refractivity contribution in [1.82, 2.24) is 9.97 Å². The van der Waals surface area contributed by atoms with Crippen molar-refractivity contribution in [3.05, 3.63) is 41.7 Å². The summed E-state index contributed by atoms with van der Waals surface area (Å²) in [7, 11) is 1.47. The molecule has 0 saturated carbocycles. The molecule has 2 rings (SSSR count). The third-order valence-corrected chi connectivity index (χ3v) is 2.28. The van der Waals surface area contributed by atoms with Crippen LogP contribution in [-0.4, -0.2) is 17.1 Å². The molecule has 1 heterocycles. The number of nitrogens with one attached hydrogen (secondary N) is 1. The number of anilines is 1. The van der Waals surface area contributed by atoms with E-state index in [-0.39, 0.29) is 29.9 Å². The van der Waals surface area contributed by atoms with Crippen LogP contribution in [0, 0.1) is 11.6 Å². The van der Waals surface area contributed by atoms with Crippen molar-refractivity contribution in [1.29, 1.82) is 0 Å². The number of ether oxygens (including phenoxy) is 2. The quantitative estimate of drug-likeness (QED) is 0.644. The van der Waals surface area contributed by atoms with E-state index in [0.29, 0.717) is 0 Å². The fourth-order valence-electron chi connectivity index (χ4n) is 1.46. The molecule has 0 amide bonds. The van der Waals surface area contributed by atoms with Crippen LogP contribution in [0.15, 0.2) is 24.3 Å². The number of hydrogen-bond donors (Lipinski definition) is 2. The number of methoxy groups -OCH3 is 1. The summed E-state index contributed by atoms with van der Waals surface area (Å²) in [5.41, 5.74) is 2.32. The minimum absolute atomic E-state index is 0.0181. The molecule has 106 valence electrons. The van der Waals surface area contributed by atoms with Crippen molar-refractivity contribution in [2.24, 2.45) is 5.84 Å². The molecular weight excluding hydrogens is 270 g/mol. The molecule has 0 fully saturated rings. The zero-order valence-corrected chi connectivity index (χ0v) is 10.6. The van der Waals surface area contributed by atoms with Crippen LogP contribution in [0.1, 0.15) is 5.82 Å². The predicted octanol–water partition coefficient (Wildman–Crippen LogP) is 1.98. The summed E-state index contributed by atoms with van der Waals surface area (Å²) in [6, 6.07) is 4.22. The first-order valence-electron chi connectivity index (χ1n) is 5.59. The minimum Gasteiger partial charge on any atom is -0.436 e. The average molecular weight is 282 g/mol. The number of rotatable bonds is 5. The number of nitrogen functional groups attached to an aromatic ring is 1. The average Bonchev–Trinajstić information content (AvgIpc) is 2.43. The standard InChI is InChI=1S/C12H12F2N4O2/c1-19-6-11-16-10(18-15)5-12(17-11)20-9-4-7(13)2-3-8(9)14/h2-5H,6,15H2,1H3,(H,16,17,18). The van der Waals surface area contributed by atoms with E-state index in [9.17, 15) is 8.78 Å². The Morgan fingerprint density at radius 3 is 2.75 bits per heavy atom. The molecule has 20 heavy (non-hydrogen) atoms. The van der Waals surface area contributed by atoms with E-state index < -0.39 is 11.6 Å². The van der Waals surface area contributed by atoms with Crippen molar-refractivity contribution in [2.75, 3.05) is 12.5 Å². The Hall–Kier alpha value is -2.32. The molecule has 0 aliphatic heterocycles. The lowest BCUT2D eigenvalue weighted by Crippen LogP contribution is -2.11. The van der Waals surface area contributed by atoms with Crippen LogP contribution in [0.2, 0.25) is 0 Å². The first kappa shape index (κ1) is 14.1. The zero-order chi connectivity index (χ0) is 14.5. The largest absolute Gasteiger partial charge is 0.436 e. The monoisotopic (exact) mass is 282 g/mol. The number of nitrogens with zero attached hydrogens (tertiary/aromatic N) is 2. The lowest BCUT2D eigenvalue weighted by atomic mass is 10.3. The topological polar surface area (TPSA) is 82.3 Å². The number of hydrogen-bond acceptors (Lipinski definition) is 6. The zero-order valence-electron chi connectivity index (χ0n) is 10.6. The van der Waals surface area contributed by atoms with Gasteiger partial charge in [-0.05, 0) is 12.1 Å². The lowest BCUT2D eigenvalue weighted by Gasteiger charge is -2.09. The van der Waals surface area contributed by atoms with Gasteiger partial charge in [-0.25, -0.2) is 19.6 Å². The molecule has 0 atom stereocenters. The molecule has 0 unspecified atom stereocenters. The second-order valence-corrected chi connectivity index (χ2v) is 3.76. The van der Waals surface area contributed by atoms with Crippen LogP contribution in [0.3, 0.4) is 0 Å². The number of nitrogens with two attached hydrogens (primary N) is 1. The highest BCUT2D eigenvalue weighted by Gasteiger charge is 2.10. The highest BCUT2D eigenvalue weighted by molar-refractivity contribution is 5.39. The van der Waals surface area contributed by atoms with Crippen LogP contribution in [0.25, 0.3) is 0 Å². The van der Waals surface area contributed by atoms with E-state index in [1.165, 1.54) is 13.2 Å². The fourth-order valence-corrected chi connectivity index (χ4v) is 1.46. The van der Waals surface area contributed by atoms with Crippen molar-refractivity contribution >= 4 is 5.82 Å². The van der Waals surface area contributed by atoms with Gasteiger partial charge in [-0.1, -0.05) is 0 Å². The normalized spacial score (nSPS) is 10.4. The van der Waals surface area contributed by atoms with E-state index in [2.05, 4.69) is 15.4 Å². The Morgan fingerprint density at radius 2 is 2.05 bits per heavy atom. The Morgan fingerprint density at radius 1 is 1.25 bits per heavy atom. The van der Waals surface area contributed by atoms with Gasteiger partial charge in [0.2, 0.25) is 5.88 Å². The molecular formula is C12H12F2N4O2. The molecule has 0 saturated heterocycles. The van der Waals surface area contributed by atoms with Gasteiger partial charge in [-0.15, -0.1) is 0 Å². The van der Waals surface area contributed by atoms with Gasteiger partial charge >= 0.3 is 0 Å². The van der Waals surface area contributed by atoms with E-state index in [0.717, 1.165) is 18.2 Å². The predicted molar refractivity (Wildman–Crippen MR) is 67.0 cm³/mol. The highest BCUT2D eigenvalue weighted by atomic mass is 19.1. The molecule has 2 aromatic rings. The van der Waals surface area contributed by atoms with E-state index in [1.807, 2.05) is 0 Å². The maximum Gasteiger partial charge on any atom is 0.224 e. The van der Waals surface area contributed by atoms with Gasteiger partial charge in [0, 0.05) is 19.2 Å². The highest BCUT2D eigenvalue weighted by Crippen LogP contribution is 2.25. The van der Waals surface area contributed by atoms with Gasteiger partial charge in [0.25, 0.3) is 0 Å². The van der Waals surface area contributed by atoms with Crippen molar-refractivity contribution in [3.8, 4) is 11.6 Å². The molecule has 6 nitrogen and oxygen atoms in total. The smallest absolute Gasteiger partial charge is 0.224 e. The van der Waals surface area contributed by atoms with Gasteiger partial charge < -0.3 is 14.9 Å². The van der Waals surface area contributed by atoms with Crippen molar-refractivity contribution < 1.29 is 18.3 Å². The molecule has 0 aliphatic carbocycles. The lowest BCUT2D eigenvalue weighted by molar-refractivity contribution is 0.177. The summed E-state index contributed by atoms with van der Waals surface area (Å²) in [5.74, 6) is 4.22. The van der Waals surface area contributed by atoms with Crippen LogP contribution in [0.5, 0.6) is 11.6 Å². The Bertz CT molecular complexity index is 610. The summed E-state index contributed by atoms with van der Waals surface area (Å²) >= 11 is 0. The second-order valence-electron chi connectivity index (χ2n) is 3.76. The molecule has 0 bridgehead atoms. The first-order chi connectivity index (χ1) is 9.62. The van der Waals surface area contributed by atoms with E-state index in [4.69, 9.17) is 15.3 Å². The third kappa shape index (κ3) is 3.37. The fraction of sp³-hybridized carbons (Fsp3) is 0.167. The molecule has 1 aromatic carbocycles. The van der Waals surface area contributed by atoms with Crippen molar-refractivity contribution in [2.45, 2.75) is 6.61 Å². The summed E-state index contributed by atoms with van der Waals surface area (Å²) in [6.07, 6.45) is 0. The van der Waals surface area contributed by atoms with Gasteiger partial charge in [0.1, 0.15) is 18.2 Å². The number of halogens is 2. The van der Waals surface area contributed by atoms with Crippen LogP contribution >= 0.6 is 0 Å². The van der Waals surface area contributed by atoms with Gasteiger partial charge in [0.15, 0.2) is 17.4 Å². The summed E-state index contributed by atoms with van der Waals surface area (Å²) in [4.78, 5) is 8.00.